The lowest BCUT2D eigenvalue weighted by atomic mass is 10.3. The van der Waals surface area contributed by atoms with Crippen LogP contribution in [0.1, 0.15) is 19.3 Å². The SMILES string of the molecule is Nc1cccc(S(=O)CCCN2CCCC2)c1. The van der Waals surface area contributed by atoms with Crippen LogP contribution < -0.4 is 5.73 Å². The van der Waals surface area contributed by atoms with Crippen LogP contribution in [0.2, 0.25) is 0 Å². The zero-order valence-corrected chi connectivity index (χ0v) is 10.9. The minimum absolute atomic E-state index is 0.690. The molecule has 0 spiro atoms. The van der Waals surface area contributed by atoms with Crippen LogP contribution in [0.3, 0.4) is 0 Å². The number of hydrogen-bond acceptors (Lipinski definition) is 3. The second-order valence-electron chi connectivity index (χ2n) is 4.52. The first-order valence-electron chi connectivity index (χ1n) is 6.22. The molecule has 1 aliphatic rings. The maximum atomic E-state index is 12.0. The average molecular weight is 252 g/mol. The normalized spacial score (nSPS) is 18.4. The summed E-state index contributed by atoms with van der Waals surface area (Å²) in [4.78, 5) is 3.31. The van der Waals surface area contributed by atoms with E-state index in [1.165, 1.54) is 25.9 Å². The Bertz CT molecular complexity index is 389. The van der Waals surface area contributed by atoms with Gasteiger partial charge in [-0.05, 0) is 57.1 Å². The highest BCUT2D eigenvalue weighted by Crippen LogP contribution is 2.13. The third kappa shape index (κ3) is 3.82. The minimum atomic E-state index is -0.900. The quantitative estimate of drug-likeness (QED) is 0.814. The molecular formula is C13H20N2OS. The molecule has 1 atom stereocenters. The van der Waals surface area contributed by atoms with E-state index in [1.54, 1.807) is 0 Å². The van der Waals surface area contributed by atoms with Crippen molar-refractivity contribution in [1.82, 2.24) is 4.90 Å². The molecule has 0 amide bonds. The van der Waals surface area contributed by atoms with Crippen molar-refractivity contribution < 1.29 is 4.21 Å². The molecular weight excluding hydrogens is 232 g/mol. The molecule has 4 heteroatoms. The summed E-state index contributed by atoms with van der Waals surface area (Å²) in [5.41, 5.74) is 6.37. The highest BCUT2D eigenvalue weighted by Gasteiger charge is 2.11. The summed E-state index contributed by atoms with van der Waals surface area (Å²) in [7, 11) is -0.900. The molecule has 1 saturated heterocycles. The second-order valence-corrected chi connectivity index (χ2v) is 6.10. The molecule has 1 fully saturated rings. The van der Waals surface area contributed by atoms with Gasteiger partial charge in [0.1, 0.15) is 0 Å². The average Bonchev–Trinajstić information content (AvgIpc) is 2.82. The Hall–Kier alpha value is -0.870. The first-order valence-corrected chi connectivity index (χ1v) is 7.54. The summed E-state index contributed by atoms with van der Waals surface area (Å²) in [5.74, 6) is 0.736. The Kier molecular flexibility index (Phi) is 4.57. The maximum absolute atomic E-state index is 12.0. The minimum Gasteiger partial charge on any atom is -0.399 e. The van der Waals surface area contributed by atoms with Gasteiger partial charge in [0.2, 0.25) is 0 Å². The fourth-order valence-electron chi connectivity index (χ4n) is 2.20. The largest absolute Gasteiger partial charge is 0.399 e. The van der Waals surface area contributed by atoms with Gasteiger partial charge in [0, 0.05) is 16.3 Å². The molecule has 17 heavy (non-hydrogen) atoms. The molecule has 0 aliphatic carbocycles. The Balaban J connectivity index is 1.77. The number of benzene rings is 1. The van der Waals surface area contributed by atoms with E-state index in [4.69, 9.17) is 5.73 Å². The molecule has 1 unspecified atom stereocenters. The van der Waals surface area contributed by atoms with Crippen molar-refractivity contribution in [3.63, 3.8) is 0 Å². The van der Waals surface area contributed by atoms with E-state index in [1.807, 2.05) is 24.3 Å². The highest BCUT2D eigenvalue weighted by atomic mass is 32.2. The van der Waals surface area contributed by atoms with Crippen molar-refractivity contribution in [3.8, 4) is 0 Å². The number of nitrogens with two attached hydrogens (primary N) is 1. The molecule has 3 nitrogen and oxygen atoms in total. The number of hydrogen-bond donors (Lipinski definition) is 1. The molecule has 0 aromatic heterocycles. The molecule has 1 aromatic rings. The van der Waals surface area contributed by atoms with E-state index in [9.17, 15) is 4.21 Å². The predicted molar refractivity (Wildman–Crippen MR) is 72.4 cm³/mol. The molecule has 2 rings (SSSR count). The van der Waals surface area contributed by atoms with Gasteiger partial charge in [0.05, 0.1) is 10.8 Å². The lowest BCUT2D eigenvalue weighted by molar-refractivity contribution is 0.340. The van der Waals surface area contributed by atoms with E-state index < -0.39 is 10.8 Å². The van der Waals surface area contributed by atoms with Crippen LogP contribution in [0.25, 0.3) is 0 Å². The third-order valence-corrected chi connectivity index (χ3v) is 4.56. The van der Waals surface area contributed by atoms with Gasteiger partial charge >= 0.3 is 0 Å². The van der Waals surface area contributed by atoms with E-state index in [0.29, 0.717) is 5.69 Å². The van der Waals surface area contributed by atoms with E-state index >= 15 is 0 Å². The fourth-order valence-corrected chi connectivity index (χ4v) is 3.32. The predicted octanol–water partition coefficient (Wildman–Crippen LogP) is 1.86. The van der Waals surface area contributed by atoms with Gasteiger partial charge in [-0.15, -0.1) is 0 Å². The number of nitrogen functional groups attached to an aromatic ring is 1. The van der Waals surface area contributed by atoms with Gasteiger partial charge in [-0.25, -0.2) is 0 Å². The lowest BCUT2D eigenvalue weighted by Gasteiger charge is -2.13. The van der Waals surface area contributed by atoms with Crippen molar-refractivity contribution in [2.75, 3.05) is 31.1 Å². The van der Waals surface area contributed by atoms with Crippen molar-refractivity contribution in [1.29, 1.82) is 0 Å². The van der Waals surface area contributed by atoms with E-state index in [0.717, 1.165) is 23.6 Å². The zero-order chi connectivity index (χ0) is 12.1. The molecule has 1 aliphatic heterocycles. The molecule has 0 bridgehead atoms. The number of anilines is 1. The van der Waals surface area contributed by atoms with Crippen LogP contribution in [0, 0.1) is 0 Å². The van der Waals surface area contributed by atoms with Crippen molar-refractivity contribution in [2.24, 2.45) is 0 Å². The number of rotatable bonds is 5. The summed E-state index contributed by atoms with van der Waals surface area (Å²) >= 11 is 0. The second kappa shape index (κ2) is 6.17. The first kappa shape index (κ1) is 12.6. The standard InChI is InChI=1S/C13H20N2OS/c14-12-5-3-6-13(11-12)17(16)10-4-9-15-7-1-2-8-15/h3,5-6,11H,1-2,4,7-10,14H2. The highest BCUT2D eigenvalue weighted by molar-refractivity contribution is 7.85. The molecule has 0 saturated carbocycles. The van der Waals surface area contributed by atoms with Gasteiger partial charge in [-0.1, -0.05) is 6.07 Å². The molecule has 1 aromatic carbocycles. The molecule has 0 radical (unpaired) electrons. The summed E-state index contributed by atoms with van der Waals surface area (Å²) in [6.07, 6.45) is 3.64. The van der Waals surface area contributed by atoms with Gasteiger partial charge < -0.3 is 10.6 Å². The summed E-state index contributed by atoms with van der Waals surface area (Å²) < 4.78 is 12.0. The van der Waals surface area contributed by atoms with Crippen LogP contribution in [-0.2, 0) is 10.8 Å². The summed E-state index contributed by atoms with van der Waals surface area (Å²) in [5, 5.41) is 0. The fraction of sp³-hybridized carbons (Fsp3) is 0.538. The van der Waals surface area contributed by atoms with Crippen LogP contribution in [0.15, 0.2) is 29.2 Å². The Labute approximate surface area is 105 Å². The molecule has 94 valence electrons. The Morgan fingerprint density at radius 1 is 1.29 bits per heavy atom. The summed E-state index contributed by atoms with van der Waals surface area (Å²) in [6.45, 7) is 3.50. The van der Waals surface area contributed by atoms with E-state index in [2.05, 4.69) is 4.90 Å². The lowest BCUT2D eigenvalue weighted by Crippen LogP contribution is -2.21. The monoisotopic (exact) mass is 252 g/mol. The van der Waals surface area contributed by atoms with Crippen molar-refractivity contribution in [2.45, 2.75) is 24.2 Å². The maximum Gasteiger partial charge on any atom is 0.0530 e. The van der Waals surface area contributed by atoms with Crippen LogP contribution in [0.4, 0.5) is 5.69 Å². The van der Waals surface area contributed by atoms with Crippen molar-refractivity contribution >= 4 is 16.5 Å². The topological polar surface area (TPSA) is 46.3 Å². The van der Waals surface area contributed by atoms with Gasteiger partial charge in [0.15, 0.2) is 0 Å². The Morgan fingerprint density at radius 2 is 2.06 bits per heavy atom. The van der Waals surface area contributed by atoms with Gasteiger partial charge in [0.25, 0.3) is 0 Å². The zero-order valence-electron chi connectivity index (χ0n) is 10.1. The van der Waals surface area contributed by atoms with E-state index in [-0.39, 0.29) is 0 Å². The van der Waals surface area contributed by atoms with Crippen LogP contribution >= 0.6 is 0 Å². The molecule has 1 heterocycles. The number of likely N-dealkylation sites (tertiary alicyclic amines) is 1. The first-order chi connectivity index (χ1) is 8.25. The van der Waals surface area contributed by atoms with Crippen LogP contribution in [0.5, 0.6) is 0 Å². The molecule has 2 N–H and O–H groups in total. The van der Waals surface area contributed by atoms with Gasteiger partial charge in [-0.3, -0.25) is 4.21 Å². The summed E-state index contributed by atoms with van der Waals surface area (Å²) in [6, 6.07) is 7.39. The Morgan fingerprint density at radius 3 is 2.76 bits per heavy atom. The van der Waals surface area contributed by atoms with Crippen LogP contribution in [-0.4, -0.2) is 34.5 Å². The van der Waals surface area contributed by atoms with Crippen molar-refractivity contribution in [3.05, 3.63) is 24.3 Å². The third-order valence-electron chi connectivity index (χ3n) is 3.12. The smallest absolute Gasteiger partial charge is 0.0530 e. The van der Waals surface area contributed by atoms with Gasteiger partial charge in [-0.2, -0.15) is 0 Å². The number of nitrogens with zero attached hydrogens (tertiary/aromatic N) is 1.